The lowest BCUT2D eigenvalue weighted by atomic mass is 10.2. The minimum absolute atomic E-state index is 0.264. The maximum absolute atomic E-state index is 6.11. The number of rotatable bonds is 4. The topological polar surface area (TPSA) is 22.1 Å². The minimum Gasteiger partial charge on any atom is -0.487 e. The molecule has 1 aromatic heterocycles. The van der Waals surface area contributed by atoms with Gasteiger partial charge in [-0.05, 0) is 18.2 Å². The molecule has 100 valence electrons. The summed E-state index contributed by atoms with van der Waals surface area (Å²) in [7, 11) is 0. The van der Waals surface area contributed by atoms with Crippen molar-refractivity contribution in [2.75, 3.05) is 0 Å². The normalized spacial score (nSPS) is 10.5. The molecule has 1 heterocycles. The van der Waals surface area contributed by atoms with Gasteiger partial charge in [0.25, 0.3) is 0 Å². The van der Waals surface area contributed by atoms with E-state index >= 15 is 0 Å². The zero-order valence-corrected chi connectivity index (χ0v) is 12.7. The van der Waals surface area contributed by atoms with Crippen LogP contribution in [-0.2, 0) is 12.5 Å². The molecule has 2 rings (SSSR count). The first-order chi connectivity index (χ1) is 9.11. The van der Waals surface area contributed by atoms with E-state index in [-0.39, 0.29) is 12.5 Å². The standard InChI is InChI=1S/C13H9Cl4NO/c14-5-9-3-10(15)4-11(16)13(9)19-7-8-1-2-18-6-12(8)17/h1-4,6H,5,7H2. The Bertz CT molecular complexity index is 589. The van der Waals surface area contributed by atoms with E-state index in [0.29, 0.717) is 20.8 Å². The second-order valence-electron chi connectivity index (χ2n) is 3.77. The molecule has 0 aliphatic rings. The number of aromatic nitrogens is 1. The van der Waals surface area contributed by atoms with Gasteiger partial charge in [-0.25, -0.2) is 0 Å². The summed E-state index contributed by atoms with van der Waals surface area (Å²) in [6, 6.07) is 5.12. The lowest BCUT2D eigenvalue weighted by Gasteiger charge is -2.13. The van der Waals surface area contributed by atoms with Crippen molar-refractivity contribution in [2.45, 2.75) is 12.5 Å². The summed E-state index contributed by atoms with van der Waals surface area (Å²) in [6.07, 6.45) is 3.21. The third kappa shape index (κ3) is 3.67. The van der Waals surface area contributed by atoms with Gasteiger partial charge in [-0.15, -0.1) is 11.6 Å². The first kappa shape index (κ1) is 14.7. The van der Waals surface area contributed by atoms with Crippen LogP contribution in [0.3, 0.4) is 0 Å². The van der Waals surface area contributed by atoms with Crippen molar-refractivity contribution < 1.29 is 4.74 Å². The van der Waals surface area contributed by atoms with E-state index in [4.69, 9.17) is 51.1 Å². The summed E-state index contributed by atoms with van der Waals surface area (Å²) in [6.45, 7) is 0.284. The van der Waals surface area contributed by atoms with Gasteiger partial charge in [0.1, 0.15) is 12.4 Å². The number of ether oxygens (including phenoxy) is 1. The molecule has 0 fully saturated rings. The molecule has 0 saturated carbocycles. The van der Waals surface area contributed by atoms with E-state index in [0.717, 1.165) is 11.1 Å². The summed E-state index contributed by atoms with van der Waals surface area (Å²) < 4.78 is 5.69. The fourth-order valence-electron chi connectivity index (χ4n) is 1.55. The van der Waals surface area contributed by atoms with Crippen LogP contribution in [0.15, 0.2) is 30.6 Å². The van der Waals surface area contributed by atoms with Gasteiger partial charge in [0.15, 0.2) is 0 Å². The summed E-state index contributed by atoms with van der Waals surface area (Å²) in [5.74, 6) is 0.786. The molecule has 6 heteroatoms. The van der Waals surface area contributed by atoms with Crippen molar-refractivity contribution in [3.05, 3.63) is 56.8 Å². The molecular weight excluding hydrogens is 328 g/mol. The highest BCUT2D eigenvalue weighted by Gasteiger charge is 2.11. The van der Waals surface area contributed by atoms with Crippen LogP contribution in [0, 0.1) is 0 Å². The predicted molar refractivity (Wildman–Crippen MR) is 79.6 cm³/mol. The molecule has 0 aliphatic carbocycles. The molecular formula is C13H9Cl4NO. The molecule has 0 radical (unpaired) electrons. The van der Waals surface area contributed by atoms with Crippen LogP contribution in [0.1, 0.15) is 11.1 Å². The third-order valence-corrected chi connectivity index (χ3v) is 3.58. The third-order valence-electron chi connectivity index (χ3n) is 2.46. The van der Waals surface area contributed by atoms with E-state index < -0.39 is 0 Å². The number of pyridine rings is 1. The number of hydrogen-bond donors (Lipinski definition) is 0. The number of benzene rings is 1. The number of alkyl halides is 1. The Balaban J connectivity index is 2.22. The summed E-state index contributed by atoms with van der Waals surface area (Å²) in [5.41, 5.74) is 1.56. The van der Waals surface area contributed by atoms with Crippen LogP contribution in [0.4, 0.5) is 0 Å². The molecule has 0 spiro atoms. The summed E-state index contributed by atoms with van der Waals surface area (Å²) in [5, 5.41) is 1.49. The van der Waals surface area contributed by atoms with E-state index in [9.17, 15) is 0 Å². The van der Waals surface area contributed by atoms with E-state index in [2.05, 4.69) is 4.98 Å². The van der Waals surface area contributed by atoms with Crippen molar-refractivity contribution in [3.63, 3.8) is 0 Å². The Morgan fingerprint density at radius 2 is 1.84 bits per heavy atom. The fraction of sp³-hybridized carbons (Fsp3) is 0.154. The maximum atomic E-state index is 6.11. The fourth-order valence-corrected chi connectivity index (χ4v) is 2.51. The van der Waals surface area contributed by atoms with Gasteiger partial charge >= 0.3 is 0 Å². The van der Waals surface area contributed by atoms with Gasteiger partial charge in [0, 0.05) is 28.5 Å². The monoisotopic (exact) mass is 335 g/mol. The van der Waals surface area contributed by atoms with Crippen molar-refractivity contribution in [2.24, 2.45) is 0 Å². The Morgan fingerprint density at radius 3 is 2.53 bits per heavy atom. The lowest BCUT2D eigenvalue weighted by molar-refractivity contribution is 0.304. The molecule has 19 heavy (non-hydrogen) atoms. The second kappa shape index (κ2) is 6.67. The Labute approximate surface area is 131 Å². The van der Waals surface area contributed by atoms with E-state index in [1.54, 1.807) is 30.6 Å². The van der Waals surface area contributed by atoms with Gasteiger partial charge in [-0.3, -0.25) is 4.98 Å². The van der Waals surface area contributed by atoms with Crippen molar-refractivity contribution >= 4 is 46.4 Å². The second-order valence-corrected chi connectivity index (χ2v) is 5.28. The van der Waals surface area contributed by atoms with Gasteiger partial charge in [-0.2, -0.15) is 0 Å². The molecule has 0 atom stereocenters. The Morgan fingerprint density at radius 1 is 1.05 bits per heavy atom. The van der Waals surface area contributed by atoms with Crippen LogP contribution < -0.4 is 4.74 Å². The van der Waals surface area contributed by atoms with Crippen LogP contribution in [0.5, 0.6) is 5.75 Å². The van der Waals surface area contributed by atoms with Gasteiger partial charge in [0.2, 0.25) is 0 Å². The molecule has 0 amide bonds. The zero-order chi connectivity index (χ0) is 13.8. The van der Waals surface area contributed by atoms with Crippen molar-refractivity contribution in [1.29, 1.82) is 0 Å². The highest BCUT2D eigenvalue weighted by Crippen LogP contribution is 2.34. The number of halogens is 4. The molecule has 0 N–H and O–H groups in total. The maximum Gasteiger partial charge on any atom is 0.142 e. The summed E-state index contributed by atoms with van der Waals surface area (Å²) >= 11 is 23.9. The highest BCUT2D eigenvalue weighted by atomic mass is 35.5. The average Bonchev–Trinajstić information content (AvgIpc) is 2.38. The lowest BCUT2D eigenvalue weighted by Crippen LogP contribution is -2.00. The SMILES string of the molecule is ClCc1cc(Cl)cc(Cl)c1OCc1ccncc1Cl. The molecule has 0 saturated heterocycles. The van der Waals surface area contributed by atoms with Crippen LogP contribution in [0.2, 0.25) is 15.1 Å². The molecule has 0 bridgehead atoms. The van der Waals surface area contributed by atoms with Crippen molar-refractivity contribution in [1.82, 2.24) is 4.98 Å². The number of hydrogen-bond acceptors (Lipinski definition) is 2. The van der Waals surface area contributed by atoms with Crippen LogP contribution in [-0.4, -0.2) is 4.98 Å². The first-order valence-electron chi connectivity index (χ1n) is 5.37. The van der Waals surface area contributed by atoms with E-state index in [1.165, 1.54) is 0 Å². The molecule has 0 unspecified atom stereocenters. The Kier molecular flexibility index (Phi) is 5.17. The number of nitrogens with zero attached hydrogens (tertiary/aromatic N) is 1. The smallest absolute Gasteiger partial charge is 0.142 e. The first-order valence-corrected chi connectivity index (χ1v) is 7.03. The highest BCUT2D eigenvalue weighted by molar-refractivity contribution is 6.36. The average molecular weight is 337 g/mol. The van der Waals surface area contributed by atoms with Crippen molar-refractivity contribution in [3.8, 4) is 5.75 Å². The quantitative estimate of drug-likeness (QED) is 0.701. The minimum atomic E-state index is 0.264. The molecule has 1 aromatic carbocycles. The predicted octanol–water partition coefficient (Wildman–Crippen LogP) is 5.36. The summed E-state index contributed by atoms with van der Waals surface area (Å²) in [4.78, 5) is 3.91. The zero-order valence-electron chi connectivity index (χ0n) is 9.67. The van der Waals surface area contributed by atoms with Gasteiger partial charge < -0.3 is 4.74 Å². The molecule has 2 nitrogen and oxygen atoms in total. The van der Waals surface area contributed by atoms with Crippen LogP contribution in [0.25, 0.3) is 0 Å². The van der Waals surface area contributed by atoms with E-state index in [1.807, 2.05) is 0 Å². The Hall–Kier alpha value is -0.670. The molecule has 2 aromatic rings. The van der Waals surface area contributed by atoms with Gasteiger partial charge in [-0.1, -0.05) is 34.8 Å². The van der Waals surface area contributed by atoms with Crippen LogP contribution >= 0.6 is 46.4 Å². The largest absolute Gasteiger partial charge is 0.487 e. The van der Waals surface area contributed by atoms with Gasteiger partial charge in [0.05, 0.1) is 15.9 Å². The molecule has 0 aliphatic heterocycles.